The maximum atomic E-state index is 12.3. The molecule has 142 valence electrons. The molecule has 1 aliphatic carbocycles. The van der Waals surface area contributed by atoms with Gasteiger partial charge in [0.15, 0.2) is 5.82 Å². The summed E-state index contributed by atoms with van der Waals surface area (Å²) in [5, 5.41) is 12.1. The molecular formula is C20H21N7O. The second kappa shape index (κ2) is 6.93. The van der Waals surface area contributed by atoms with Gasteiger partial charge >= 0.3 is 0 Å². The van der Waals surface area contributed by atoms with Crippen LogP contribution in [0, 0.1) is 17.2 Å². The minimum Gasteiger partial charge on any atom is -0.334 e. The van der Waals surface area contributed by atoms with Crippen LogP contribution in [0.4, 0.5) is 17.3 Å². The van der Waals surface area contributed by atoms with E-state index in [1.54, 1.807) is 18.6 Å². The highest BCUT2D eigenvalue weighted by Crippen LogP contribution is 2.33. The third-order valence-electron chi connectivity index (χ3n) is 5.06. The largest absolute Gasteiger partial charge is 0.334 e. The van der Waals surface area contributed by atoms with Crippen LogP contribution in [0.1, 0.15) is 31.0 Å². The highest BCUT2D eigenvalue weighted by atomic mass is 16.2. The third kappa shape index (κ3) is 3.16. The molecule has 8 nitrogen and oxygen atoms in total. The summed E-state index contributed by atoms with van der Waals surface area (Å²) in [6, 6.07) is 5.81. The van der Waals surface area contributed by atoms with Crippen molar-refractivity contribution in [1.29, 1.82) is 5.26 Å². The number of hydrogen-bond donors (Lipinski definition) is 1. The molecule has 3 aromatic rings. The van der Waals surface area contributed by atoms with Crippen molar-refractivity contribution in [2.75, 3.05) is 17.3 Å². The fourth-order valence-electron chi connectivity index (χ4n) is 3.20. The lowest BCUT2D eigenvalue weighted by Gasteiger charge is -2.22. The van der Waals surface area contributed by atoms with Crippen molar-refractivity contribution in [2.45, 2.75) is 26.2 Å². The zero-order chi connectivity index (χ0) is 19.8. The standard InChI is InChI=1S/C20H21N7O/c1-4-12-7-14(9-21)22-10-16(12)27(3)17-8-15-18(23-11-26(15)2)19(24-17)25-20(28)13-5-6-13/h7-8,10-11,13H,4-6H2,1-3H3,(H,24,25,28). The Hall–Kier alpha value is -3.47. The van der Waals surface area contributed by atoms with E-state index in [0.717, 1.165) is 36.0 Å². The molecule has 3 aromatic heterocycles. The van der Waals surface area contributed by atoms with Gasteiger partial charge in [-0.3, -0.25) is 4.79 Å². The van der Waals surface area contributed by atoms with E-state index in [-0.39, 0.29) is 11.8 Å². The Morgan fingerprint density at radius 3 is 2.86 bits per heavy atom. The van der Waals surface area contributed by atoms with E-state index in [9.17, 15) is 4.79 Å². The number of carbonyl (C=O) groups excluding carboxylic acids is 1. The lowest BCUT2D eigenvalue weighted by Crippen LogP contribution is -2.18. The highest BCUT2D eigenvalue weighted by molar-refractivity contribution is 6.00. The second-order valence-corrected chi connectivity index (χ2v) is 7.04. The van der Waals surface area contributed by atoms with Crippen LogP contribution < -0.4 is 10.2 Å². The molecule has 4 rings (SSSR count). The van der Waals surface area contributed by atoms with E-state index in [1.807, 2.05) is 36.6 Å². The number of rotatable bonds is 5. The number of nitrogens with zero attached hydrogens (tertiary/aromatic N) is 6. The molecule has 1 fully saturated rings. The van der Waals surface area contributed by atoms with E-state index in [0.29, 0.717) is 22.8 Å². The van der Waals surface area contributed by atoms with Gasteiger partial charge in [0, 0.05) is 26.1 Å². The number of pyridine rings is 2. The van der Waals surface area contributed by atoms with Crippen molar-refractivity contribution in [1.82, 2.24) is 19.5 Å². The van der Waals surface area contributed by atoms with Crippen molar-refractivity contribution < 1.29 is 4.79 Å². The van der Waals surface area contributed by atoms with E-state index in [1.165, 1.54) is 0 Å². The number of anilines is 3. The lowest BCUT2D eigenvalue weighted by atomic mass is 10.1. The van der Waals surface area contributed by atoms with Gasteiger partial charge in [-0.15, -0.1) is 0 Å². The Balaban J connectivity index is 1.78. The van der Waals surface area contributed by atoms with Gasteiger partial charge in [0.05, 0.1) is 23.7 Å². The number of carbonyl (C=O) groups is 1. The predicted molar refractivity (Wildman–Crippen MR) is 106 cm³/mol. The van der Waals surface area contributed by atoms with Crippen molar-refractivity contribution in [3.63, 3.8) is 0 Å². The number of aryl methyl sites for hydroxylation is 2. The average molecular weight is 375 g/mol. The Morgan fingerprint density at radius 2 is 2.18 bits per heavy atom. The molecule has 28 heavy (non-hydrogen) atoms. The summed E-state index contributed by atoms with van der Waals surface area (Å²) in [5.41, 5.74) is 3.81. The average Bonchev–Trinajstić information content (AvgIpc) is 3.50. The van der Waals surface area contributed by atoms with Crippen LogP contribution >= 0.6 is 0 Å². The van der Waals surface area contributed by atoms with Crippen molar-refractivity contribution in [2.24, 2.45) is 13.0 Å². The molecule has 0 bridgehead atoms. The van der Waals surface area contributed by atoms with E-state index < -0.39 is 0 Å². The Bertz CT molecular complexity index is 1110. The van der Waals surface area contributed by atoms with Crippen molar-refractivity contribution in [3.8, 4) is 6.07 Å². The van der Waals surface area contributed by atoms with Gasteiger partial charge in [0.2, 0.25) is 5.91 Å². The highest BCUT2D eigenvalue weighted by Gasteiger charge is 2.30. The van der Waals surface area contributed by atoms with Crippen LogP contribution in [-0.4, -0.2) is 32.5 Å². The first-order chi connectivity index (χ1) is 13.5. The zero-order valence-corrected chi connectivity index (χ0v) is 16.1. The molecule has 3 heterocycles. The fraction of sp³-hybridized carbons (Fsp3) is 0.350. The number of nitriles is 1. The first kappa shape index (κ1) is 17.9. The second-order valence-electron chi connectivity index (χ2n) is 7.04. The first-order valence-corrected chi connectivity index (χ1v) is 9.27. The normalized spacial score (nSPS) is 13.4. The molecule has 0 radical (unpaired) electrons. The van der Waals surface area contributed by atoms with Gasteiger partial charge in [-0.05, 0) is 30.9 Å². The molecule has 8 heteroatoms. The molecule has 0 aromatic carbocycles. The first-order valence-electron chi connectivity index (χ1n) is 9.27. The van der Waals surface area contributed by atoms with Crippen LogP contribution in [0.25, 0.3) is 11.0 Å². The minimum atomic E-state index is -0.00598. The molecule has 1 N–H and O–H groups in total. The number of fused-ring (bicyclic) bond motifs is 1. The van der Waals surface area contributed by atoms with Gasteiger partial charge in [-0.2, -0.15) is 5.26 Å². The summed E-state index contributed by atoms with van der Waals surface area (Å²) in [5.74, 6) is 1.21. The molecule has 1 aliphatic rings. The van der Waals surface area contributed by atoms with Crippen LogP contribution in [0.15, 0.2) is 24.7 Å². The summed E-state index contributed by atoms with van der Waals surface area (Å²) in [6.45, 7) is 2.03. The summed E-state index contributed by atoms with van der Waals surface area (Å²) in [6.07, 6.45) is 6.01. The molecule has 0 saturated heterocycles. The number of nitrogens with one attached hydrogen (secondary N) is 1. The molecule has 0 unspecified atom stereocenters. The molecule has 1 saturated carbocycles. The number of aromatic nitrogens is 4. The molecule has 0 aliphatic heterocycles. The SMILES string of the molecule is CCc1cc(C#N)ncc1N(C)c1cc2c(ncn2C)c(NC(=O)C2CC2)n1. The van der Waals surface area contributed by atoms with Crippen molar-refractivity contribution >= 4 is 34.3 Å². The zero-order valence-electron chi connectivity index (χ0n) is 16.1. The topological polar surface area (TPSA) is 99.7 Å². The Labute approximate surface area is 162 Å². The van der Waals surface area contributed by atoms with Gasteiger partial charge in [0.25, 0.3) is 0 Å². The number of hydrogen-bond acceptors (Lipinski definition) is 6. The quantitative estimate of drug-likeness (QED) is 0.736. The predicted octanol–water partition coefficient (Wildman–Crippen LogP) is 2.91. The summed E-state index contributed by atoms with van der Waals surface area (Å²) in [7, 11) is 3.81. The number of amides is 1. The van der Waals surface area contributed by atoms with Gasteiger partial charge in [-0.25, -0.2) is 15.0 Å². The molecule has 0 atom stereocenters. The lowest BCUT2D eigenvalue weighted by molar-refractivity contribution is -0.117. The van der Waals surface area contributed by atoms with Crippen LogP contribution in [-0.2, 0) is 18.3 Å². The third-order valence-corrected chi connectivity index (χ3v) is 5.06. The Morgan fingerprint density at radius 1 is 1.39 bits per heavy atom. The van der Waals surface area contributed by atoms with E-state index in [4.69, 9.17) is 5.26 Å². The van der Waals surface area contributed by atoms with Crippen LogP contribution in [0.2, 0.25) is 0 Å². The molecule has 1 amide bonds. The maximum Gasteiger partial charge on any atom is 0.228 e. The fourth-order valence-corrected chi connectivity index (χ4v) is 3.20. The summed E-state index contributed by atoms with van der Waals surface area (Å²) >= 11 is 0. The minimum absolute atomic E-state index is 0.00598. The van der Waals surface area contributed by atoms with Gasteiger partial charge < -0.3 is 14.8 Å². The summed E-state index contributed by atoms with van der Waals surface area (Å²) < 4.78 is 1.90. The molecule has 0 spiro atoms. The monoisotopic (exact) mass is 375 g/mol. The molecular weight excluding hydrogens is 354 g/mol. The van der Waals surface area contributed by atoms with Crippen LogP contribution in [0.3, 0.4) is 0 Å². The van der Waals surface area contributed by atoms with Crippen LogP contribution in [0.5, 0.6) is 0 Å². The van der Waals surface area contributed by atoms with E-state index in [2.05, 4.69) is 26.3 Å². The maximum absolute atomic E-state index is 12.3. The van der Waals surface area contributed by atoms with Gasteiger partial charge in [0.1, 0.15) is 23.1 Å². The summed E-state index contributed by atoms with van der Waals surface area (Å²) in [4.78, 5) is 27.5. The van der Waals surface area contributed by atoms with Gasteiger partial charge in [-0.1, -0.05) is 6.92 Å². The van der Waals surface area contributed by atoms with Crippen molar-refractivity contribution in [3.05, 3.63) is 35.9 Å². The van der Waals surface area contributed by atoms with E-state index >= 15 is 0 Å². The number of imidazole rings is 1. The smallest absolute Gasteiger partial charge is 0.228 e. The Kier molecular flexibility index (Phi) is 4.43.